The summed E-state index contributed by atoms with van der Waals surface area (Å²) in [6.07, 6.45) is 4.97. The maximum absolute atomic E-state index is 11.9. The Hall–Kier alpha value is -1.89. The van der Waals surface area contributed by atoms with Crippen molar-refractivity contribution in [3.8, 4) is 0 Å². The maximum atomic E-state index is 11.9. The van der Waals surface area contributed by atoms with Crippen LogP contribution < -0.4 is 21.9 Å². The van der Waals surface area contributed by atoms with E-state index in [1.54, 1.807) is 13.2 Å². The molecule has 0 aromatic carbocycles. The quantitative estimate of drug-likeness (QED) is 0.647. The van der Waals surface area contributed by atoms with Crippen LogP contribution in [0.5, 0.6) is 0 Å². The molecule has 1 fully saturated rings. The maximum Gasteiger partial charge on any atom is 0.330 e. The van der Waals surface area contributed by atoms with E-state index < -0.39 is 0 Å². The molecule has 0 unspecified atom stereocenters. The highest BCUT2D eigenvalue weighted by Gasteiger charge is 2.22. The van der Waals surface area contributed by atoms with E-state index in [1.807, 2.05) is 0 Å². The fourth-order valence-corrected chi connectivity index (χ4v) is 2.13. The Bertz CT molecular complexity index is 628. The summed E-state index contributed by atoms with van der Waals surface area (Å²) < 4.78 is 2.49. The third-order valence-corrected chi connectivity index (χ3v) is 3.53. The molecule has 2 rings (SSSR count). The van der Waals surface area contributed by atoms with E-state index in [0.717, 1.165) is 23.8 Å². The van der Waals surface area contributed by atoms with Gasteiger partial charge in [-0.05, 0) is 25.8 Å². The summed E-state index contributed by atoms with van der Waals surface area (Å²) in [5.74, 6) is 0.0947. The Kier molecular flexibility index (Phi) is 4.95. The first-order valence-corrected chi connectivity index (χ1v) is 7.24. The van der Waals surface area contributed by atoms with Crippen molar-refractivity contribution in [1.82, 2.24) is 19.8 Å². The number of carbonyl (C=O) groups is 1. The van der Waals surface area contributed by atoms with Crippen LogP contribution in [0, 0.1) is 0 Å². The average molecular weight is 294 g/mol. The molecule has 1 aliphatic carbocycles. The molecule has 116 valence electrons. The average Bonchev–Trinajstić information content (AvgIpc) is 3.25. The fraction of sp³-hybridized carbons (Fsp3) is 0.643. The van der Waals surface area contributed by atoms with Crippen LogP contribution in [-0.4, -0.2) is 27.6 Å². The summed E-state index contributed by atoms with van der Waals surface area (Å²) in [6.45, 7) is 1.05. The summed E-state index contributed by atoms with van der Waals surface area (Å²) in [5.41, 5.74) is -0.0698. The van der Waals surface area contributed by atoms with Crippen LogP contribution in [0.15, 0.2) is 15.8 Å². The molecule has 1 aliphatic rings. The molecule has 7 nitrogen and oxygen atoms in total. The summed E-state index contributed by atoms with van der Waals surface area (Å²) in [7, 11) is 3.09. The molecule has 1 aromatic heterocycles. The molecule has 1 heterocycles. The third-order valence-electron chi connectivity index (χ3n) is 3.53. The summed E-state index contributed by atoms with van der Waals surface area (Å²) in [6, 6.07) is 0.402. The van der Waals surface area contributed by atoms with Gasteiger partial charge in [-0.25, -0.2) is 4.79 Å². The van der Waals surface area contributed by atoms with Gasteiger partial charge in [0.2, 0.25) is 5.91 Å². The molecule has 0 radical (unpaired) electrons. The molecule has 0 bridgehead atoms. The lowest BCUT2D eigenvalue weighted by molar-refractivity contribution is -0.121. The summed E-state index contributed by atoms with van der Waals surface area (Å²) in [5, 5.41) is 6.07. The van der Waals surface area contributed by atoms with Crippen molar-refractivity contribution in [3.63, 3.8) is 0 Å². The number of rotatable bonds is 7. The van der Waals surface area contributed by atoms with Gasteiger partial charge >= 0.3 is 5.69 Å². The van der Waals surface area contributed by atoms with E-state index in [4.69, 9.17) is 0 Å². The van der Waals surface area contributed by atoms with Crippen molar-refractivity contribution in [3.05, 3.63) is 32.6 Å². The molecule has 2 N–H and O–H groups in total. The van der Waals surface area contributed by atoms with Crippen molar-refractivity contribution >= 4 is 5.91 Å². The largest absolute Gasteiger partial charge is 0.353 e. The Morgan fingerprint density at radius 2 is 2.05 bits per heavy atom. The number of carbonyl (C=O) groups excluding carboxylic acids is 1. The second-order valence-electron chi connectivity index (χ2n) is 5.53. The zero-order chi connectivity index (χ0) is 15.4. The molecule has 0 spiro atoms. The van der Waals surface area contributed by atoms with E-state index in [0.29, 0.717) is 31.1 Å². The lowest BCUT2D eigenvalue weighted by Gasteiger charge is -2.08. The molecule has 21 heavy (non-hydrogen) atoms. The highest BCUT2D eigenvalue weighted by Crippen LogP contribution is 2.18. The molecule has 7 heteroatoms. The second kappa shape index (κ2) is 6.71. The first-order valence-electron chi connectivity index (χ1n) is 7.24. The number of nitrogens with one attached hydrogen (secondary N) is 2. The zero-order valence-corrected chi connectivity index (χ0v) is 12.5. The number of aromatic nitrogens is 2. The Balaban J connectivity index is 1.74. The van der Waals surface area contributed by atoms with Crippen LogP contribution in [0.2, 0.25) is 0 Å². The van der Waals surface area contributed by atoms with Gasteiger partial charge in [0.15, 0.2) is 0 Å². The molecular formula is C14H22N4O3. The predicted molar refractivity (Wildman–Crippen MR) is 79.0 cm³/mol. The van der Waals surface area contributed by atoms with Gasteiger partial charge in [0.25, 0.3) is 5.56 Å². The van der Waals surface area contributed by atoms with Gasteiger partial charge in [0.1, 0.15) is 0 Å². The first-order chi connectivity index (χ1) is 9.99. The van der Waals surface area contributed by atoms with Gasteiger partial charge in [0, 0.05) is 44.9 Å². The number of hydrogen-bond donors (Lipinski definition) is 2. The Labute approximate surface area is 123 Å². The van der Waals surface area contributed by atoms with Gasteiger partial charge in [-0.1, -0.05) is 0 Å². The van der Waals surface area contributed by atoms with Crippen LogP contribution in [0.4, 0.5) is 0 Å². The van der Waals surface area contributed by atoms with E-state index >= 15 is 0 Å². The zero-order valence-electron chi connectivity index (χ0n) is 12.5. The monoisotopic (exact) mass is 294 g/mol. The summed E-state index contributed by atoms with van der Waals surface area (Å²) in [4.78, 5) is 34.9. The van der Waals surface area contributed by atoms with Gasteiger partial charge in [-0.2, -0.15) is 0 Å². The topological polar surface area (TPSA) is 85.1 Å². The van der Waals surface area contributed by atoms with Crippen LogP contribution in [0.25, 0.3) is 0 Å². The van der Waals surface area contributed by atoms with Crippen LogP contribution in [-0.2, 0) is 25.4 Å². The van der Waals surface area contributed by atoms with Gasteiger partial charge in [0.05, 0.1) is 0 Å². The smallest absolute Gasteiger partial charge is 0.330 e. The van der Waals surface area contributed by atoms with Crippen molar-refractivity contribution < 1.29 is 4.79 Å². The lowest BCUT2D eigenvalue weighted by atomic mass is 10.2. The number of aryl methyl sites for hydroxylation is 1. The van der Waals surface area contributed by atoms with Crippen molar-refractivity contribution in [1.29, 1.82) is 0 Å². The molecular weight excluding hydrogens is 272 g/mol. The highest BCUT2D eigenvalue weighted by molar-refractivity contribution is 5.76. The SMILES string of the molecule is Cn1cc(CNCCCC(=O)NC2CC2)c(=O)n(C)c1=O. The minimum absolute atomic E-state index is 0.0947. The van der Waals surface area contributed by atoms with E-state index in [1.165, 1.54) is 11.6 Å². The number of hydrogen-bond acceptors (Lipinski definition) is 4. The van der Waals surface area contributed by atoms with Crippen molar-refractivity contribution in [2.24, 2.45) is 14.1 Å². The molecule has 0 aliphatic heterocycles. The van der Waals surface area contributed by atoms with E-state index in [9.17, 15) is 14.4 Å². The molecule has 0 saturated heterocycles. The van der Waals surface area contributed by atoms with Gasteiger partial charge < -0.3 is 15.2 Å². The molecule has 1 amide bonds. The van der Waals surface area contributed by atoms with Crippen molar-refractivity contribution in [2.75, 3.05) is 6.54 Å². The van der Waals surface area contributed by atoms with Crippen LogP contribution in [0.1, 0.15) is 31.2 Å². The fourth-order valence-electron chi connectivity index (χ4n) is 2.13. The van der Waals surface area contributed by atoms with Gasteiger partial charge in [-0.3, -0.25) is 14.2 Å². The van der Waals surface area contributed by atoms with E-state index in [2.05, 4.69) is 10.6 Å². The second-order valence-corrected chi connectivity index (χ2v) is 5.53. The minimum Gasteiger partial charge on any atom is -0.353 e. The third kappa shape index (κ3) is 4.29. The molecule has 1 saturated carbocycles. The number of amides is 1. The normalized spacial score (nSPS) is 14.2. The summed E-state index contributed by atoms with van der Waals surface area (Å²) >= 11 is 0. The number of nitrogens with zero attached hydrogens (tertiary/aromatic N) is 2. The highest BCUT2D eigenvalue weighted by atomic mass is 16.2. The van der Waals surface area contributed by atoms with Crippen LogP contribution >= 0.6 is 0 Å². The first kappa shape index (κ1) is 15.5. The van der Waals surface area contributed by atoms with E-state index in [-0.39, 0.29) is 17.2 Å². The Morgan fingerprint density at radius 1 is 1.33 bits per heavy atom. The minimum atomic E-state index is -0.333. The molecule has 1 aromatic rings. The predicted octanol–water partition coefficient (Wildman–Crippen LogP) is -0.768. The van der Waals surface area contributed by atoms with Crippen molar-refractivity contribution in [2.45, 2.75) is 38.3 Å². The van der Waals surface area contributed by atoms with Crippen LogP contribution in [0.3, 0.4) is 0 Å². The lowest BCUT2D eigenvalue weighted by Crippen LogP contribution is -2.39. The Morgan fingerprint density at radius 3 is 2.71 bits per heavy atom. The standard InChI is InChI=1S/C14H22N4O3/c1-17-9-10(13(20)18(2)14(17)21)8-15-7-3-4-12(19)16-11-5-6-11/h9,11,15H,3-8H2,1-2H3,(H,16,19). The van der Waals surface area contributed by atoms with Gasteiger partial charge in [-0.15, -0.1) is 0 Å². The molecule has 0 atom stereocenters.